The number of ether oxygens (including phenoxy) is 5. The SMILES string of the molecule is C=C(C)C(=O)OCCOc1c(Cl)cc(C(C)(C)c2cc(Br)c(OCC(OCC)OC(=O)C(=C)C)c(Br)c2)cc1Cl. The first-order chi connectivity index (χ1) is 18.7. The lowest BCUT2D eigenvalue weighted by atomic mass is 9.78. The van der Waals surface area contributed by atoms with Crippen LogP contribution in [0, 0.1) is 0 Å². The van der Waals surface area contributed by atoms with Crippen LogP contribution in [-0.2, 0) is 29.2 Å². The minimum Gasteiger partial charge on any atom is -0.487 e. The topological polar surface area (TPSA) is 80.3 Å². The van der Waals surface area contributed by atoms with Crippen molar-refractivity contribution >= 4 is 67.0 Å². The lowest BCUT2D eigenvalue weighted by Gasteiger charge is -2.28. The van der Waals surface area contributed by atoms with E-state index >= 15 is 0 Å². The molecule has 0 saturated heterocycles. The molecule has 0 aliphatic rings. The van der Waals surface area contributed by atoms with Crippen molar-refractivity contribution in [1.29, 1.82) is 0 Å². The lowest BCUT2D eigenvalue weighted by molar-refractivity contribution is -0.179. The molecule has 0 aliphatic heterocycles. The van der Waals surface area contributed by atoms with E-state index in [0.717, 1.165) is 11.1 Å². The fraction of sp³-hybridized carbons (Fsp3) is 0.379. The Morgan fingerprint density at radius 1 is 0.875 bits per heavy atom. The van der Waals surface area contributed by atoms with Gasteiger partial charge in [0.2, 0.25) is 6.29 Å². The van der Waals surface area contributed by atoms with Crippen molar-refractivity contribution in [2.45, 2.75) is 46.3 Å². The molecule has 2 rings (SSSR count). The number of hydrogen-bond acceptors (Lipinski definition) is 7. The quantitative estimate of drug-likeness (QED) is 0.0842. The van der Waals surface area contributed by atoms with Crippen molar-refractivity contribution in [3.63, 3.8) is 0 Å². The molecule has 1 atom stereocenters. The largest absolute Gasteiger partial charge is 0.487 e. The van der Waals surface area contributed by atoms with Gasteiger partial charge in [-0.3, -0.25) is 0 Å². The predicted molar refractivity (Wildman–Crippen MR) is 164 cm³/mol. The molecule has 0 fully saturated rings. The van der Waals surface area contributed by atoms with Crippen LogP contribution in [0.1, 0.15) is 45.7 Å². The van der Waals surface area contributed by atoms with E-state index < -0.39 is 23.6 Å². The highest BCUT2D eigenvalue weighted by atomic mass is 79.9. The number of carbonyl (C=O) groups excluding carboxylic acids is 2. The van der Waals surface area contributed by atoms with Crippen LogP contribution in [0.4, 0.5) is 0 Å². The summed E-state index contributed by atoms with van der Waals surface area (Å²) in [5.41, 5.74) is 1.82. The standard InChI is InChI=1S/C29H32Br2Cl2O7/c1-8-36-24(40-28(35)17(4)5)15-39-25-20(30)11-18(12-21(25)31)29(6,7)19-13-22(32)26(23(33)14-19)37-9-10-38-27(34)16(2)3/h11-14,24H,2,4,8-10,15H2,1,3,5-7H3. The summed E-state index contributed by atoms with van der Waals surface area (Å²) in [5.74, 6) is -0.233. The summed E-state index contributed by atoms with van der Waals surface area (Å²) in [5, 5.41) is 0.650. The molecule has 0 heterocycles. The molecule has 40 heavy (non-hydrogen) atoms. The smallest absolute Gasteiger partial charge is 0.335 e. The minimum atomic E-state index is -0.896. The summed E-state index contributed by atoms with van der Waals surface area (Å²) in [7, 11) is 0. The molecule has 11 heteroatoms. The van der Waals surface area contributed by atoms with Gasteiger partial charge in [-0.1, -0.05) is 50.2 Å². The number of halogens is 4. The zero-order chi connectivity index (χ0) is 30.2. The molecule has 0 N–H and O–H groups in total. The molecule has 0 aliphatic carbocycles. The van der Waals surface area contributed by atoms with Crippen LogP contribution in [0.2, 0.25) is 10.0 Å². The molecular formula is C29H32Br2Cl2O7. The number of rotatable bonds is 14. The van der Waals surface area contributed by atoms with E-state index in [2.05, 4.69) is 45.0 Å². The van der Waals surface area contributed by atoms with Gasteiger partial charge in [0.15, 0.2) is 12.4 Å². The minimum absolute atomic E-state index is 0.0220. The Kier molecular flexibility index (Phi) is 13.0. The maximum Gasteiger partial charge on any atom is 0.335 e. The van der Waals surface area contributed by atoms with Crippen molar-refractivity contribution in [2.24, 2.45) is 0 Å². The molecule has 2 aromatic carbocycles. The first-order valence-electron chi connectivity index (χ1n) is 12.2. The summed E-state index contributed by atoms with van der Waals surface area (Å²) in [6.45, 7) is 16.5. The molecule has 7 nitrogen and oxygen atoms in total. The van der Waals surface area contributed by atoms with Gasteiger partial charge in [0, 0.05) is 23.2 Å². The van der Waals surface area contributed by atoms with Crippen molar-refractivity contribution in [2.75, 3.05) is 26.4 Å². The molecular weight excluding hydrogens is 691 g/mol. The second kappa shape index (κ2) is 15.3. The van der Waals surface area contributed by atoms with E-state index in [4.69, 9.17) is 46.9 Å². The molecule has 0 radical (unpaired) electrons. The molecule has 0 aromatic heterocycles. The Hall–Kier alpha value is -2.04. The van der Waals surface area contributed by atoms with Gasteiger partial charge in [-0.05, 0) is 88.0 Å². The van der Waals surface area contributed by atoms with E-state index in [9.17, 15) is 9.59 Å². The van der Waals surface area contributed by atoms with Crippen LogP contribution in [0.25, 0.3) is 0 Å². The highest BCUT2D eigenvalue weighted by Crippen LogP contribution is 2.44. The van der Waals surface area contributed by atoms with Gasteiger partial charge in [-0.2, -0.15) is 0 Å². The fourth-order valence-electron chi connectivity index (χ4n) is 3.36. The van der Waals surface area contributed by atoms with E-state index in [-0.39, 0.29) is 25.4 Å². The molecule has 218 valence electrons. The maximum absolute atomic E-state index is 11.9. The Balaban J connectivity index is 2.21. The first-order valence-corrected chi connectivity index (χ1v) is 14.6. The Morgan fingerprint density at radius 2 is 1.40 bits per heavy atom. The molecule has 2 aromatic rings. The van der Waals surface area contributed by atoms with E-state index in [0.29, 0.717) is 42.7 Å². The third-order valence-corrected chi connectivity index (χ3v) is 7.39. The third kappa shape index (κ3) is 9.24. The zero-order valence-electron chi connectivity index (χ0n) is 23.0. The van der Waals surface area contributed by atoms with Gasteiger partial charge in [0.1, 0.15) is 19.0 Å². The summed E-state index contributed by atoms with van der Waals surface area (Å²) in [6, 6.07) is 7.44. The average molecular weight is 723 g/mol. The van der Waals surface area contributed by atoms with Crippen LogP contribution < -0.4 is 9.47 Å². The summed E-state index contributed by atoms with van der Waals surface area (Å²) in [4.78, 5) is 23.5. The second-order valence-electron chi connectivity index (χ2n) is 9.31. The van der Waals surface area contributed by atoms with E-state index in [1.54, 1.807) is 32.9 Å². The number of hydrogen-bond donors (Lipinski definition) is 0. The number of benzene rings is 2. The van der Waals surface area contributed by atoms with E-state index in [1.807, 2.05) is 26.0 Å². The highest BCUT2D eigenvalue weighted by Gasteiger charge is 2.28. The van der Waals surface area contributed by atoms with Gasteiger partial charge in [0.25, 0.3) is 0 Å². The van der Waals surface area contributed by atoms with Crippen LogP contribution in [0.5, 0.6) is 11.5 Å². The van der Waals surface area contributed by atoms with Gasteiger partial charge in [-0.15, -0.1) is 0 Å². The summed E-state index contributed by atoms with van der Waals surface area (Å²) in [6.07, 6.45) is -0.896. The third-order valence-electron chi connectivity index (χ3n) is 5.65. The van der Waals surface area contributed by atoms with Gasteiger partial charge >= 0.3 is 11.9 Å². The van der Waals surface area contributed by atoms with Crippen LogP contribution in [-0.4, -0.2) is 44.7 Å². The summed E-state index contributed by atoms with van der Waals surface area (Å²) >= 11 is 20.3. The van der Waals surface area contributed by atoms with Crippen LogP contribution >= 0.6 is 55.1 Å². The molecule has 0 amide bonds. The second-order valence-corrected chi connectivity index (χ2v) is 11.8. The predicted octanol–water partition coefficient (Wildman–Crippen LogP) is 8.20. The van der Waals surface area contributed by atoms with Gasteiger partial charge in [-0.25, -0.2) is 9.59 Å². The molecule has 1 unspecified atom stereocenters. The Bertz CT molecular complexity index is 1230. The first kappa shape index (κ1) is 34.2. The molecule has 0 spiro atoms. The highest BCUT2D eigenvalue weighted by molar-refractivity contribution is 9.11. The van der Waals surface area contributed by atoms with Crippen LogP contribution in [0.3, 0.4) is 0 Å². The lowest BCUT2D eigenvalue weighted by Crippen LogP contribution is -2.28. The van der Waals surface area contributed by atoms with Gasteiger partial charge in [0.05, 0.1) is 19.0 Å². The van der Waals surface area contributed by atoms with Crippen molar-refractivity contribution in [3.05, 3.63) is 78.7 Å². The van der Waals surface area contributed by atoms with E-state index in [1.165, 1.54) is 0 Å². The van der Waals surface area contributed by atoms with Crippen molar-refractivity contribution in [1.82, 2.24) is 0 Å². The molecule has 0 bridgehead atoms. The average Bonchev–Trinajstić information content (AvgIpc) is 2.86. The van der Waals surface area contributed by atoms with Gasteiger partial charge < -0.3 is 23.7 Å². The summed E-state index contributed by atoms with van der Waals surface area (Å²) < 4.78 is 28.8. The number of carbonyl (C=O) groups is 2. The van der Waals surface area contributed by atoms with Crippen LogP contribution in [0.15, 0.2) is 57.5 Å². The Morgan fingerprint density at radius 3 is 1.90 bits per heavy atom. The fourth-order valence-corrected chi connectivity index (χ4v) is 5.37. The number of esters is 2. The zero-order valence-corrected chi connectivity index (χ0v) is 27.7. The maximum atomic E-state index is 11.9. The monoisotopic (exact) mass is 720 g/mol. The normalized spacial score (nSPS) is 11.9. The Labute approximate surface area is 262 Å². The van der Waals surface area contributed by atoms with Crippen molar-refractivity contribution < 1.29 is 33.3 Å². The molecule has 0 saturated carbocycles. The van der Waals surface area contributed by atoms with Crippen molar-refractivity contribution in [3.8, 4) is 11.5 Å².